The molecule has 6 heteroatoms. The molecule has 1 heterocycles. The lowest BCUT2D eigenvalue weighted by Gasteiger charge is -2.06. The highest BCUT2D eigenvalue weighted by atomic mass is 16.5. The van der Waals surface area contributed by atoms with E-state index in [1.807, 2.05) is 0 Å². The zero-order valence-electron chi connectivity index (χ0n) is 9.39. The molecular weight excluding hydrogens is 210 g/mol. The molecule has 0 spiro atoms. The van der Waals surface area contributed by atoms with Crippen LogP contribution in [-0.2, 0) is 11.3 Å². The molecule has 6 nitrogen and oxygen atoms in total. The Hall–Kier alpha value is -1.40. The molecule has 1 rings (SSSR count). The lowest BCUT2D eigenvalue weighted by Crippen LogP contribution is -2.23. The Morgan fingerprint density at radius 1 is 1.50 bits per heavy atom. The van der Waals surface area contributed by atoms with E-state index in [0.29, 0.717) is 32.1 Å². The fraction of sp³-hybridized carbons (Fsp3) is 0.600. The van der Waals surface area contributed by atoms with Crippen molar-refractivity contribution in [2.45, 2.75) is 13.0 Å². The summed E-state index contributed by atoms with van der Waals surface area (Å²) in [5, 5.41) is 3.99. The second-order valence-electron chi connectivity index (χ2n) is 3.24. The van der Waals surface area contributed by atoms with Crippen LogP contribution in [0.3, 0.4) is 0 Å². The van der Waals surface area contributed by atoms with Crippen molar-refractivity contribution in [3.8, 4) is 5.75 Å². The molecule has 0 aliphatic heterocycles. The van der Waals surface area contributed by atoms with Crippen LogP contribution in [0.4, 0.5) is 0 Å². The Bertz CT molecular complexity index is 365. The van der Waals surface area contributed by atoms with Gasteiger partial charge in [0.2, 0.25) is 0 Å². The van der Waals surface area contributed by atoms with Crippen LogP contribution in [0.1, 0.15) is 6.42 Å². The highest BCUT2D eigenvalue weighted by molar-refractivity contribution is 5.13. The molecule has 0 radical (unpaired) electrons. The Morgan fingerprint density at radius 3 is 2.94 bits per heavy atom. The molecule has 2 N–H and O–H groups in total. The summed E-state index contributed by atoms with van der Waals surface area (Å²) in [7, 11) is 1.62. The van der Waals surface area contributed by atoms with Crippen LogP contribution in [0.2, 0.25) is 0 Å². The van der Waals surface area contributed by atoms with Crippen molar-refractivity contribution in [1.82, 2.24) is 9.78 Å². The van der Waals surface area contributed by atoms with Gasteiger partial charge < -0.3 is 15.2 Å². The van der Waals surface area contributed by atoms with E-state index in [1.165, 1.54) is 16.9 Å². The number of ether oxygens (including phenoxy) is 2. The van der Waals surface area contributed by atoms with Gasteiger partial charge in [0.05, 0.1) is 6.20 Å². The largest absolute Gasteiger partial charge is 0.490 e. The zero-order chi connectivity index (χ0) is 11.8. The summed E-state index contributed by atoms with van der Waals surface area (Å²) in [6.45, 7) is 1.95. The minimum atomic E-state index is -0.175. The van der Waals surface area contributed by atoms with Crippen molar-refractivity contribution >= 4 is 0 Å². The maximum atomic E-state index is 11.5. The quantitative estimate of drug-likeness (QED) is 0.642. The van der Waals surface area contributed by atoms with Gasteiger partial charge in [-0.25, -0.2) is 4.68 Å². The lowest BCUT2D eigenvalue weighted by molar-refractivity contribution is 0.188. The SMILES string of the molecule is COCCCn1ncc(OCCN)cc1=O. The van der Waals surface area contributed by atoms with Crippen LogP contribution in [-0.4, -0.2) is 36.6 Å². The summed E-state index contributed by atoms with van der Waals surface area (Å²) in [6, 6.07) is 1.41. The summed E-state index contributed by atoms with van der Waals surface area (Å²) < 4.78 is 11.5. The van der Waals surface area contributed by atoms with Gasteiger partial charge in [-0.3, -0.25) is 4.79 Å². The smallest absolute Gasteiger partial charge is 0.270 e. The highest BCUT2D eigenvalue weighted by Crippen LogP contribution is 2.02. The van der Waals surface area contributed by atoms with Crippen molar-refractivity contribution in [2.75, 3.05) is 26.9 Å². The summed E-state index contributed by atoms with van der Waals surface area (Å²) in [5.41, 5.74) is 5.11. The molecule has 1 aromatic rings. The van der Waals surface area contributed by atoms with E-state index in [4.69, 9.17) is 15.2 Å². The Balaban J connectivity index is 2.57. The summed E-state index contributed by atoms with van der Waals surface area (Å²) >= 11 is 0. The minimum absolute atomic E-state index is 0.175. The first kappa shape index (κ1) is 12.7. The summed E-state index contributed by atoms with van der Waals surface area (Å²) in [5.74, 6) is 0.457. The topological polar surface area (TPSA) is 79.4 Å². The van der Waals surface area contributed by atoms with Gasteiger partial charge >= 0.3 is 0 Å². The second kappa shape index (κ2) is 6.97. The second-order valence-corrected chi connectivity index (χ2v) is 3.24. The Morgan fingerprint density at radius 2 is 2.31 bits per heavy atom. The Labute approximate surface area is 94.0 Å². The first-order chi connectivity index (χ1) is 7.77. The number of rotatable bonds is 7. The normalized spacial score (nSPS) is 10.4. The molecule has 16 heavy (non-hydrogen) atoms. The van der Waals surface area contributed by atoms with Crippen molar-refractivity contribution in [2.24, 2.45) is 5.73 Å². The van der Waals surface area contributed by atoms with Gasteiger partial charge in [0.25, 0.3) is 5.56 Å². The molecule has 0 aliphatic rings. The number of hydrogen-bond donors (Lipinski definition) is 1. The van der Waals surface area contributed by atoms with E-state index < -0.39 is 0 Å². The van der Waals surface area contributed by atoms with Crippen molar-refractivity contribution in [3.05, 3.63) is 22.6 Å². The van der Waals surface area contributed by atoms with Crippen LogP contribution >= 0.6 is 0 Å². The molecule has 1 aromatic heterocycles. The predicted molar refractivity (Wildman–Crippen MR) is 59.5 cm³/mol. The van der Waals surface area contributed by atoms with E-state index in [2.05, 4.69) is 5.10 Å². The van der Waals surface area contributed by atoms with Gasteiger partial charge in [0.1, 0.15) is 12.4 Å². The van der Waals surface area contributed by atoms with Crippen LogP contribution in [0.25, 0.3) is 0 Å². The maximum Gasteiger partial charge on any atom is 0.270 e. The van der Waals surface area contributed by atoms with Crippen LogP contribution in [0.15, 0.2) is 17.1 Å². The number of hydrogen-bond acceptors (Lipinski definition) is 5. The summed E-state index contributed by atoms with van der Waals surface area (Å²) in [6.07, 6.45) is 2.27. The number of aryl methyl sites for hydroxylation is 1. The molecule has 0 atom stereocenters. The standard InChI is InChI=1S/C10H17N3O3/c1-15-5-2-4-13-10(14)7-9(8-12-13)16-6-3-11/h7-8H,2-6,11H2,1H3. The monoisotopic (exact) mass is 227 g/mol. The minimum Gasteiger partial charge on any atom is -0.490 e. The molecule has 0 aromatic carbocycles. The number of nitrogens with two attached hydrogens (primary N) is 1. The molecule has 0 amide bonds. The maximum absolute atomic E-state index is 11.5. The average molecular weight is 227 g/mol. The third-order valence-corrected chi connectivity index (χ3v) is 1.95. The average Bonchev–Trinajstić information content (AvgIpc) is 2.29. The number of methoxy groups -OCH3 is 1. The van der Waals surface area contributed by atoms with Gasteiger partial charge in [-0.05, 0) is 6.42 Å². The highest BCUT2D eigenvalue weighted by Gasteiger charge is 2.00. The van der Waals surface area contributed by atoms with E-state index in [9.17, 15) is 4.79 Å². The van der Waals surface area contributed by atoms with E-state index >= 15 is 0 Å². The number of aromatic nitrogens is 2. The van der Waals surface area contributed by atoms with E-state index in [0.717, 1.165) is 6.42 Å². The molecule has 0 unspecified atom stereocenters. The van der Waals surface area contributed by atoms with Gasteiger partial charge in [0, 0.05) is 32.9 Å². The summed E-state index contributed by atoms with van der Waals surface area (Å²) in [4.78, 5) is 11.5. The molecule has 0 saturated carbocycles. The molecular formula is C10H17N3O3. The molecule has 0 fully saturated rings. The van der Waals surface area contributed by atoms with E-state index in [-0.39, 0.29) is 5.56 Å². The number of nitrogens with zero attached hydrogens (tertiary/aromatic N) is 2. The van der Waals surface area contributed by atoms with Gasteiger partial charge in [-0.2, -0.15) is 5.10 Å². The molecule has 0 saturated heterocycles. The fourth-order valence-electron chi connectivity index (χ4n) is 1.20. The molecule has 90 valence electrons. The first-order valence-corrected chi connectivity index (χ1v) is 5.17. The molecule has 0 aliphatic carbocycles. The van der Waals surface area contributed by atoms with Crippen LogP contribution < -0.4 is 16.0 Å². The van der Waals surface area contributed by atoms with Crippen LogP contribution in [0.5, 0.6) is 5.75 Å². The first-order valence-electron chi connectivity index (χ1n) is 5.17. The van der Waals surface area contributed by atoms with Gasteiger partial charge in [0.15, 0.2) is 0 Å². The third-order valence-electron chi connectivity index (χ3n) is 1.95. The van der Waals surface area contributed by atoms with Gasteiger partial charge in [-0.15, -0.1) is 0 Å². The van der Waals surface area contributed by atoms with Gasteiger partial charge in [-0.1, -0.05) is 0 Å². The van der Waals surface area contributed by atoms with E-state index in [1.54, 1.807) is 7.11 Å². The van der Waals surface area contributed by atoms with Crippen LogP contribution in [0, 0.1) is 0 Å². The predicted octanol–water partition coefficient (Wildman–Crippen LogP) is -0.383. The lowest BCUT2D eigenvalue weighted by atomic mass is 10.4. The fourth-order valence-corrected chi connectivity index (χ4v) is 1.20. The zero-order valence-corrected chi connectivity index (χ0v) is 9.39. The van der Waals surface area contributed by atoms with Crippen molar-refractivity contribution in [1.29, 1.82) is 0 Å². The molecule has 0 bridgehead atoms. The van der Waals surface area contributed by atoms with Crippen molar-refractivity contribution < 1.29 is 9.47 Å². The Kier molecular flexibility index (Phi) is 5.52. The third kappa shape index (κ3) is 4.00. The van der Waals surface area contributed by atoms with Crippen molar-refractivity contribution in [3.63, 3.8) is 0 Å².